The molecule has 1 saturated heterocycles. The Morgan fingerprint density at radius 2 is 2.12 bits per heavy atom. The van der Waals surface area contributed by atoms with E-state index in [0.29, 0.717) is 5.82 Å². The molecule has 0 atom stereocenters. The van der Waals surface area contributed by atoms with Crippen LogP contribution in [-0.4, -0.2) is 42.5 Å². The summed E-state index contributed by atoms with van der Waals surface area (Å²) in [5.74, 6) is 0.674. The van der Waals surface area contributed by atoms with Crippen molar-refractivity contribution in [1.82, 2.24) is 9.27 Å². The van der Waals surface area contributed by atoms with Crippen molar-refractivity contribution in [3.05, 3.63) is 5.56 Å². The second-order valence-electron chi connectivity index (χ2n) is 4.47. The van der Waals surface area contributed by atoms with E-state index >= 15 is 0 Å². The molecule has 0 amide bonds. The number of nitrogen functional groups attached to an aromatic ring is 1. The summed E-state index contributed by atoms with van der Waals surface area (Å²) in [6.07, 6.45) is 2.71. The monoisotopic (exact) mass is 240 g/mol. The van der Waals surface area contributed by atoms with Gasteiger partial charge in [0.15, 0.2) is 0 Å². The fourth-order valence-corrected chi connectivity index (χ4v) is 2.89. The van der Waals surface area contributed by atoms with Gasteiger partial charge in [-0.25, -0.2) is 0 Å². The molecule has 5 heteroatoms. The number of nitrogens with zero attached hydrogens (tertiary/aromatic N) is 3. The largest absolute Gasteiger partial charge is 0.383 e. The molecule has 0 saturated carbocycles. The lowest BCUT2D eigenvalue weighted by atomic mass is 10.3. The van der Waals surface area contributed by atoms with Gasteiger partial charge >= 0.3 is 0 Å². The van der Waals surface area contributed by atoms with Gasteiger partial charge in [0.05, 0.1) is 0 Å². The Balaban J connectivity index is 1.87. The molecule has 0 radical (unpaired) electrons. The van der Waals surface area contributed by atoms with Crippen LogP contribution in [0.25, 0.3) is 0 Å². The molecule has 2 rings (SSSR count). The average molecular weight is 240 g/mol. The maximum absolute atomic E-state index is 5.76. The first-order valence-corrected chi connectivity index (χ1v) is 6.61. The molecule has 90 valence electrons. The molecule has 1 aliphatic heterocycles. The SMILES string of the molecule is Cc1c(N)nsc1N(C)CCN1CCCC1. The molecule has 1 aromatic rings. The van der Waals surface area contributed by atoms with Crippen molar-refractivity contribution in [1.29, 1.82) is 0 Å². The number of nitrogens with two attached hydrogens (primary N) is 1. The number of hydrogen-bond acceptors (Lipinski definition) is 5. The summed E-state index contributed by atoms with van der Waals surface area (Å²) in [4.78, 5) is 4.79. The number of anilines is 2. The zero-order valence-corrected chi connectivity index (χ0v) is 10.9. The van der Waals surface area contributed by atoms with Gasteiger partial charge in [-0.2, -0.15) is 4.37 Å². The molecule has 0 aromatic carbocycles. The lowest BCUT2D eigenvalue weighted by Crippen LogP contribution is -2.31. The highest BCUT2D eigenvalue weighted by Gasteiger charge is 2.14. The maximum atomic E-state index is 5.76. The summed E-state index contributed by atoms with van der Waals surface area (Å²) in [6, 6.07) is 0. The highest BCUT2D eigenvalue weighted by molar-refractivity contribution is 7.10. The Hall–Kier alpha value is -0.810. The summed E-state index contributed by atoms with van der Waals surface area (Å²) in [7, 11) is 2.12. The summed E-state index contributed by atoms with van der Waals surface area (Å²) < 4.78 is 4.18. The molecule has 0 aliphatic carbocycles. The van der Waals surface area contributed by atoms with Gasteiger partial charge in [0.2, 0.25) is 0 Å². The van der Waals surface area contributed by atoms with Crippen molar-refractivity contribution < 1.29 is 0 Å². The molecule has 1 fully saturated rings. The smallest absolute Gasteiger partial charge is 0.142 e. The third-order valence-electron chi connectivity index (χ3n) is 3.23. The first-order chi connectivity index (χ1) is 7.68. The summed E-state index contributed by atoms with van der Waals surface area (Å²) in [5.41, 5.74) is 6.88. The van der Waals surface area contributed by atoms with E-state index in [1.807, 2.05) is 6.92 Å². The standard InChI is InChI=1S/C11H20N4S/c1-9-10(12)13-16-11(9)14(2)7-8-15-5-3-4-6-15/h3-8H2,1-2H3,(H2,12,13). The van der Waals surface area contributed by atoms with Gasteiger partial charge < -0.3 is 15.5 Å². The molecule has 0 spiro atoms. The summed E-state index contributed by atoms with van der Waals surface area (Å²) in [6.45, 7) is 6.77. The van der Waals surface area contributed by atoms with E-state index in [-0.39, 0.29) is 0 Å². The molecule has 16 heavy (non-hydrogen) atoms. The van der Waals surface area contributed by atoms with E-state index in [0.717, 1.165) is 18.7 Å². The molecule has 2 heterocycles. The molecule has 1 aliphatic rings. The number of likely N-dealkylation sites (N-methyl/N-ethyl adjacent to an activating group) is 1. The maximum Gasteiger partial charge on any atom is 0.142 e. The van der Waals surface area contributed by atoms with Crippen molar-refractivity contribution in [3.8, 4) is 0 Å². The predicted molar refractivity (Wildman–Crippen MR) is 70.2 cm³/mol. The van der Waals surface area contributed by atoms with E-state index in [1.165, 1.54) is 42.5 Å². The van der Waals surface area contributed by atoms with Crippen molar-refractivity contribution in [3.63, 3.8) is 0 Å². The molecule has 0 unspecified atom stereocenters. The number of aromatic nitrogens is 1. The van der Waals surface area contributed by atoms with Crippen LogP contribution < -0.4 is 10.6 Å². The molecule has 0 bridgehead atoms. The highest BCUT2D eigenvalue weighted by Crippen LogP contribution is 2.28. The Bertz CT molecular complexity index is 344. The third kappa shape index (κ3) is 2.47. The second kappa shape index (κ2) is 5.01. The molecule has 2 N–H and O–H groups in total. The van der Waals surface area contributed by atoms with Gasteiger partial charge in [-0.15, -0.1) is 0 Å². The zero-order valence-electron chi connectivity index (χ0n) is 10.1. The minimum atomic E-state index is 0.674. The fourth-order valence-electron chi connectivity index (χ4n) is 2.09. The van der Waals surface area contributed by atoms with Crippen LogP contribution in [0.4, 0.5) is 10.8 Å². The molecular weight excluding hydrogens is 220 g/mol. The van der Waals surface area contributed by atoms with Gasteiger partial charge in [-0.05, 0) is 44.4 Å². The van der Waals surface area contributed by atoms with Crippen LogP contribution in [0.2, 0.25) is 0 Å². The lowest BCUT2D eigenvalue weighted by molar-refractivity contribution is 0.347. The molecule has 4 nitrogen and oxygen atoms in total. The van der Waals surface area contributed by atoms with Crippen LogP contribution in [0.3, 0.4) is 0 Å². The highest BCUT2D eigenvalue weighted by atomic mass is 32.1. The molecular formula is C11H20N4S. The van der Waals surface area contributed by atoms with E-state index in [4.69, 9.17) is 5.73 Å². The topological polar surface area (TPSA) is 45.4 Å². The van der Waals surface area contributed by atoms with Crippen LogP contribution >= 0.6 is 11.5 Å². The lowest BCUT2D eigenvalue weighted by Gasteiger charge is -2.22. The first-order valence-electron chi connectivity index (χ1n) is 5.83. The zero-order chi connectivity index (χ0) is 11.5. The predicted octanol–water partition coefficient (Wildman–Crippen LogP) is 1.57. The Morgan fingerprint density at radius 1 is 1.44 bits per heavy atom. The number of likely N-dealkylation sites (tertiary alicyclic amines) is 1. The summed E-state index contributed by atoms with van der Waals surface area (Å²) in [5, 5.41) is 1.21. The quantitative estimate of drug-likeness (QED) is 0.867. The van der Waals surface area contributed by atoms with Crippen molar-refractivity contribution in [2.24, 2.45) is 0 Å². The van der Waals surface area contributed by atoms with Gasteiger partial charge in [0, 0.05) is 25.7 Å². The van der Waals surface area contributed by atoms with Crippen molar-refractivity contribution >= 4 is 22.4 Å². The van der Waals surface area contributed by atoms with Crippen LogP contribution in [-0.2, 0) is 0 Å². The minimum absolute atomic E-state index is 0.674. The Labute approximate surface area is 101 Å². The molecule has 1 aromatic heterocycles. The van der Waals surface area contributed by atoms with Crippen LogP contribution in [0.1, 0.15) is 18.4 Å². The Morgan fingerprint density at radius 3 is 2.69 bits per heavy atom. The van der Waals surface area contributed by atoms with Gasteiger partial charge in [-0.3, -0.25) is 0 Å². The van der Waals surface area contributed by atoms with Crippen LogP contribution in [0.5, 0.6) is 0 Å². The summed E-state index contributed by atoms with van der Waals surface area (Å²) >= 11 is 1.50. The van der Waals surface area contributed by atoms with Gasteiger partial charge in [-0.1, -0.05) is 0 Å². The first kappa shape index (κ1) is 11.7. The van der Waals surface area contributed by atoms with Crippen molar-refractivity contribution in [2.75, 3.05) is 43.9 Å². The van der Waals surface area contributed by atoms with E-state index in [1.54, 1.807) is 0 Å². The fraction of sp³-hybridized carbons (Fsp3) is 0.727. The van der Waals surface area contributed by atoms with Crippen LogP contribution in [0, 0.1) is 6.92 Å². The number of rotatable bonds is 4. The van der Waals surface area contributed by atoms with Gasteiger partial charge in [0.25, 0.3) is 0 Å². The average Bonchev–Trinajstić information content (AvgIpc) is 2.88. The van der Waals surface area contributed by atoms with E-state index < -0.39 is 0 Å². The van der Waals surface area contributed by atoms with Crippen molar-refractivity contribution in [2.45, 2.75) is 19.8 Å². The van der Waals surface area contributed by atoms with E-state index in [2.05, 4.69) is 21.2 Å². The van der Waals surface area contributed by atoms with E-state index in [9.17, 15) is 0 Å². The second-order valence-corrected chi connectivity index (χ2v) is 5.22. The minimum Gasteiger partial charge on any atom is -0.383 e. The third-order valence-corrected chi connectivity index (χ3v) is 4.31. The van der Waals surface area contributed by atoms with Gasteiger partial charge in [0.1, 0.15) is 10.8 Å². The van der Waals surface area contributed by atoms with Crippen LogP contribution in [0.15, 0.2) is 0 Å². The Kier molecular flexibility index (Phi) is 3.66. The normalized spacial score (nSPS) is 16.9. The number of hydrogen-bond donors (Lipinski definition) is 1.